The van der Waals surface area contributed by atoms with Crippen LogP contribution >= 0.6 is 0 Å². The highest BCUT2D eigenvalue weighted by Crippen LogP contribution is 2.24. The average Bonchev–Trinajstić information content (AvgIpc) is 2.28. The van der Waals surface area contributed by atoms with Crippen LogP contribution in [0.25, 0.3) is 0 Å². The van der Waals surface area contributed by atoms with E-state index in [0.717, 1.165) is 6.42 Å². The molecule has 1 aliphatic carbocycles. The van der Waals surface area contributed by atoms with Crippen molar-refractivity contribution in [2.75, 3.05) is 0 Å². The van der Waals surface area contributed by atoms with E-state index in [1.54, 1.807) is 6.07 Å². The number of hydrogen-bond acceptors (Lipinski definition) is 1. The number of phenols is 1. The third kappa shape index (κ3) is 1.45. The highest BCUT2D eigenvalue weighted by molar-refractivity contribution is 5.39. The molecule has 1 radical (unpaired) electrons. The normalized spacial score (nSPS) is 16.7. The van der Waals surface area contributed by atoms with Gasteiger partial charge < -0.3 is 5.11 Å². The van der Waals surface area contributed by atoms with Gasteiger partial charge in [-0.1, -0.05) is 12.5 Å². The zero-order valence-corrected chi connectivity index (χ0v) is 7.09. The molecule has 0 amide bonds. The first-order valence-electron chi connectivity index (χ1n) is 4.51. The summed E-state index contributed by atoms with van der Waals surface area (Å²) in [6.07, 6.45) is 7.07. The third-order valence-electron chi connectivity index (χ3n) is 2.39. The fraction of sp³-hybridized carbons (Fsp3) is 0.364. The first kappa shape index (κ1) is 7.66. The van der Waals surface area contributed by atoms with Crippen molar-refractivity contribution in [1.82, 2.24) is 0 Å². The molecule has 2 rings (SSSR count). The Balaban J connectivity index is 2.36. The molecule has 0 bridgehead atoms. The smallest absolute Gasteiger partial charge is 0.115 e. The fourth-order valence-corrected chi connectivity index (χ4v) is 1.73. The van der Waals surface area contributed by atoms with E-state index in [2.05, 4.69) is 6.42 Å². The van der Waals surface area contributed by atoms with Crippen molar-refractivity contribution in [2.45, 2.75) is 25.7 Å². The van der Waals surface area contributed by atoms with E-state index in [0.29, 0.717) is 5.75 Å². The zero-order valence-electron chi connectivity index (χ0n) is 7.09. The molecule has 1 nitrogen and oxygen atoms in total. The van der Waals surface area contributed by atoms with Gasteiger partial charge in [0, 0.05) is 0 Å². The summed E-state index contributed by atoms with van der Waals surface area (Å²) in [6.45, 7) is 0. The van der Waals surface area contributed by atoms with Crippen molar-refractivity contribution in [3.8, 4) is 5.75 Å². The van der Waals surface area contributed by atoms with Crippen LogP contribution in [-0.4, -0.2) is 5.11 Å². The Morgan fingerprint density at radius 2 is 2.08 bits per heavy atom. The second-order valence-electron chi connectivity index (χ2n) is 3.33. The molecular weight excluding hydrogens is 148 g/mol. The van der Waals surface area contributed by atoms with Crippen molar-refractivity contribution < 1.29 is 5.11 Å². The van der Waals surface area contributed by atoms with Crippen molar-refractivity contribution in [1.29, 1.82) is 0 Å². The van der Waals surface area contributed by atoms with Gasteiger partial charge in [-0.25, -0.2) is 0 Å². The topological polar surface area (TPSA) is 20.2 Å². The van der Waals surface area contributed by atoms with Crippen LogP contribution in [-0.2, 0) is 6.42 Å². The quantitative estimate of drug-likeness (QED) is 0.580. The van der Waals surface area contributed by atoms with Crippen LogP contribution in [0.1, 0.15) is 30.4 Å². The van der Waals surface area contributed by atoms with Gasteiger partial charge in [-0.15, -0.1) is 0 Å². The number of aryl methyl sites for hydroxylation is 1. The van der Waals surface area contributed by atoms with Crippen molar-refractivity contribution >= 4 is 0 Å². The molecule has 1 heteroatoms. The molecule has 0 aromatic heterocycles. The summed E-state index contributed by atoms with van der Waals surface area (Å²) >= 11 is 0. The van der Waals surface area contributed by atoms with Gasteiger partial charge in [0.25, 0.3) is 0 Å². The monoisotopic (exact) mass is 161 g/mol. The van der Waals surface area contributed by atoms with Gasteiger partial charge in [-0.3, -0.25) is 0 Å². The maximum absolute atomic E-state index is 9.27. The summed E-state index contributed by atoms with van der Waals surface area (Å²) in [5, 5.41) is 9.27. The van der Waals surface area contributed by atoms with E-state index >= 15 is 0 Å². The summed E-state index contributed by atoms with van der Waals surface area (Å²) in [5.74, 6) is 0.393. The number of fused-ring (bicyclic) bond motifs is 1. The van der Waals surface area contributed by atoms with E-state index < -0.39 is 0 Å². The van der Waals surface area contributed by atoms with Crippen molar-refractivity contribution in [2.24, 2.45) is 0 Å². The van der Waals surface area contributed by atoms with Gasteiger partial charge in [-0.05, 0) is 48.9 Å². The van der Waals surface area contributed by atoms with Crippen LogP contribution in [0.3, 0.4) is 0 Å². The highest BCUT2D eigenvalue weighted by Gasteiger charge is 2.07. The Hall–Kier alpha value is -0.980. The molecule has 1 N–H and O–H groups in total. The van der Waals surface area contributed by atoms with Crippen LogP contribution in [0, 0.1) is 6.42 Å². The molecule has 0 saturated heterocycles. The maximum Gasteiger partial charge on any atom is 0.115 e. The molecule has 0 spiro atoms. The maximum atomic E-state index is 9.27. The van der Waals surface area contributed by atoms with Gasteiger partial charge in [0.2, 0.25) is 0 Å². The first-order chi connectivity index (χ1) is 5.86. The average molecular weight is 161 g/mol. The second kappa shape index (κ2) is 3.18. The minimum Gasteiger partial charge on any atom is -0.508 e. The predicted molar refractivity (Wildman–Crippen MR) is 49.1 cm³/mol. The Kier molecular flexibility index (Phi) is 2.03. The third-order valence-corrected chi connectivity index (χ3v) is 2.39. The van der Waals surface area contributed by atoms with Gasteiger partial charge in [0.05, 0.1) is 0 Å². The fourth-order valence-electron chi connectivity index (χ4n) is 1.73. The summed E-state index contributed by atoms with van der Waals surface area (Å²) in [7, 11) is 0. The van der Waals surface area contributed by atoms with E-state index in [9.17, 15) is 5.11 Å². The van der Waals surface area contributed by atoms with E-state index in [1.807, 2.05) is 12.1 Å². The molecule has 0 saturated carbocycles. The number of phenolic OH excluding ortho intramolecular Hbond substituents is 1. The second-order valence-corrected chi connectivity index (χ2v) is 3.33. The largest absolute Gasteiger partial charge is 0.508 e. The Bertz CT molecular complexity index is 278. The lowest BCUT2D eigenvalue weighted by Crippen LogP contribution is -1.87. The summed E-state index contributed by atoms with van der Waals surface area (Å²) < 4.78 is 0. The van der Waals surface area contributed by atoms with E-state index in [-0.39, 0.29) is 0 Å². The molecule has 1 aromatic carbocycles. The van der Waals surface area contributed by atoms with Crippen LogP contribution in [0.15, 0.2) is 18.2 Å². The molecule has 0 fully saturated rings. The molecular formula is C11H13O. The van der Waals surface area contributed by atoms with Crippen molar-refractivity contribution in [3.05, 3.63) is 35.7 Å². The summed E-state index contributed by atoms with van der Waals surface area (Å²) in [4.78, 5) is 0. The Morgan fingerprint density at radius 1 is 1.17 bits per heavy atom. The van der Waals surface area contributed by atoms with Crippen LogP contribution in [0.2, 0.25) is 0 Å². The molecule has 0 atom stereocenters. The number of hydrogen-bond donors (Lipinski definition) is 1. The van der Waals surface area contributed by atoms with Crippen molar-refractivity contribution in [3.63, 3.8) is 0 Å². The zero-order chi connectivity index (χ0) is 8.39. The molecule has 63 valence electrons. The summed E-state index contributed by atoms with van der Waals surface area (Å²) in [5.41, 5.74) is 2.61. The highest BCUT2D eigenvalue weighted by atomic mass is 16.3. The first-order valence-corrected chi connectivity index (χ1v) is 4.51. The molecule has 1 aromatic rings. The summed E-state index contributed by atoms with van der Waals surface area (Å²) in [6, 6.07) is 5.66. The van der Waals surface area contributed by atoms with Crippen LogP contribution in [0.5, 0.6) is 5.75 Å². The lowest BCUT2D eigenvalue weighted by molar-refractivity contribution is 0.474. The molecule has 0 heterocycles. The lowest BCUT2D eigenvalue weighted by Gasteiger charge is -2.04. The minimum atomic E-state index is 0.393. The number of aromatic hydroxyl groups is 1. The lowest BCUT2D eigenvalue weighted by atomic mass is 10.0. The van der Waals surface area contributed by atoms with Gasteiger partial charge in [-0.2, -0.15) is 0 Å². The van der Waals surface area contributed by atoms with Gasteiger partial charge in [0.1, 0.15) is 5.75 Å². The Labute approximate surface area is 73.0 Å². The van der Waals surface area contributed by atoms with E-state index in [1.165, 1.54) is 30.4 Å². The van der Waals surface area contributed by atoms with E-state index in [4.69, 9.17) is 0 Å². The Morgan fingerprint density at radius 3 is 3.00 bits per heavy atom. The minimum absolute atomic E-state index is 0.393. The molecule has 12 heavy (non-hydrogen) atoms. The molecule has 0 unspecified atom stereocenters. The van der Waals surface area contributed by atoms with Crippen LogP contribution in [0.4, 0.5) is 0 Å². The van der Waals surface area contributed by atoms with Crippen LogP contribution < -0.4 is 0 Å². The number of rotatable bonds is 0. The predicted octanol–water partition coefficient (Wildman–Crippen LogP) is 2.67. The number of benzene rings is 1. The standard InChI is InChI=1S/C11H13O/c12-11-7-6-9-4-2-1-3-5-10(9)8-11/h4,6-8,12H,1-3,5H2. The SMILES string of the molecule is Oc1ccc2c(c1)CCCC[CH]2. The molecule has 0 aliphatic heterocycles. The van der Waals surface area contributed by atoms with Gasteiger partial charge >= 0.3 is 0 Å². The van der Waals surface area contributed by atoms with Gasteiger partial charge in [0.15, 0.2) is 0 Å². The molecule has 1 aliphatic rings.